The number of carboxylic acids is 1. The number of nitrogens with one attached hydrogen (secondary N) is 2. The summed E-state index contributed by atoms with van der Waals surface area (Å²) in [4.78, 5) is 27.1. The molecule has 166 valence electrons. The molecule has 4 rings (SSSR count). The number of fused-ring (bicyclic) bond motifs is 1. The molecule has 1 atom stereocenters. The second-order valence-electron chi connectivity index (χ2n) is 8.24. The average molecular weight is 426 g/mol. The Kier molecular flexibility index (Phi) is 6.50. The third-order valence-corrected chi connectivity index (χ3v) is 6.21. The third-order valence-electron chi connectivity index (χ3n) is 6.21. The molecule has 2 aromatic rings. The molecule has 0 spiro atoms. The molecule has 0 bridgehead atoms. The summed E-state index contributed by atoms with van der Waals surface area (Å²) in [7, 11) is 0. The number of nitrogens with zero attached hydrogens (tertiary/aromatic N) is 4. The lowest BCUT2D eigenvalue weighted by molar-refractivity contribution is -0.138. The molecule has 0 aliphatic carbocycles. The number of aliphatic carboxylic acids is 1. The molecule has 0 saturated carbocycles. The lowest BCUT2D eigenvalue weighted by atomic mass is 9.92. The fourth-order valence-electron chi connectivity index (χ4n) is 4.41. The summed E-state index contributed by atoms with van der Waals surface area (Å²) >= 11 is 0. The van der Waals surface area contributed by atoms with Crippen LogP contribution in [0.4, 0.5) is 17.5 Å². The summed E-state index contributed by atoms with van der Waals surface area (Å²) in [6, 6.07) is 3.45. The molecule has 1 saturated heterocycles. The molecule has 0 aromatic carbocycles. The molecule has 0 radical (unpaired) electrons. The Morgan fingerprint density at radius 1 is 1.35 bits per heavy atom. The SMILES string of the molecule is CCc1c(NCC(N)C(=O)O)ncnc1N1CCC(c2ccc3c(n2)NCCC3)CC1. The van der Waals surface area contributed by atoms with Gasteiger partial charge in [0, 0.05) is 43.4 Å². The summed E-state index contributed by atoms with van der Waals surface area (Å²) in [5, 5.41) is 15.5. The summed E-state index contributed by atoms with van der Waals surface area (Å²) in [6.07, 6.45) is 6.60. The maximum Gasteiger partial charge on any atom is 0.322 e. The number of aromatic nitrogens is 3. The van der Waals surface area contributed by atoms with Crippen LogP contribution in [0.1, 0.15) is 48.9 Å². The van der Waals surface area contributed by atoms with Crippen molar-refractivity contribution in [2.24, 2.45) is 5.73 Å². The van der Waals surface area contributed by atoms with Crippen molar-refractivity contribution in [3.8, 4) is 0 Å². The van der Waals surface area contributed by atoms with Gasteiger partial charge < -0.3 is 26.4 Å². The second kappa shape index (κ2) is 9.47. The molecule has 2 aromatic heterocycles. The van der Waals surface area contributed by atoms with Gasteiger partial charge in [0.2, 0.25) is 0 Å². The van der Waals surface area contributed by atoms with E-state index in [0.29, 0.717) is 11.7 Å². The molecule has 9 nitrogen and oxygen atoms in total. The van der Waals surface area contributed by atoms with Crippen LogP contribution in [0.25, 0.3) is 0 Å². The van der Waals surface area contributed by atoms with Gasteiger partial charge in [0.05, 0.1) is 0 Å². The lowest BCUT2D eigenvalue weighted by Crippen LogP contribution is -2.37. The van der Waals surface area contributed by atoms with E-state index in [9.17, 15) is 4.79 Å². The van der Waals surface area contributed by atoms with Gasteiger partial charge in [-0.3, -0.25) is 4.79 Å². The smallest absolute Gasteiger partial charge is 0.322 e. The number of piperidine rings is 1. The zero-order valence-corrected chi connectivity index (χ0v) is 18.0. The summed E-state index contributed by atoms with van der Waals surface area (Å²) in [5.41, 5.74) is 9.12. The predicted octanol–water partition coefficient (Wildman–Crippen LogP) is 2.00. The zero-order valence-electron chi connectivity index (χ0n) is 18.0. The normalized spacial score (nSPS) is 17.5. The van der Waals surface area contributed by atoms with Crippen LogP contribution in [0, 0.1) is 0 Å². The Labute approximate surface area is 182 Å². The highest BCUT2D eigenvalue weighted by Gasteiger charge is 2.26. The van der Waals surface area contributed by atoms with E-state index in [1.165, 1.54) is 24.0 Å². The number of hydrogen-bond acceptors (Lipinski definition) is 8. The van der Waals surface area contributed by atoms with Crippen molar-refractivity contribution in [1.82, 2.24) is 15.0 Å². The maximum absolute atomic E-state index is 11.0. The van der Waals surface area contributed by atoms with Gasteiger partial charge in [-0.15, -0.1) is 0 Å². The molecule has 2 aliphatic heterocycles. The molecule has 5 N–H and O–H groups in total. The molecule has 9 heteroatoms. The first-order valence-electron chi connectivity index (χ1n) is 11.1. The minimum Gasteiger partial charge on any atom is -0.480 e. The van der Waals surface area contributed by atoms with Crippen molar-refractivity contribution in [3.05, 3.63) is 35.3 Å². The van der Waals surface area contributed by atoms with Crippen molar-refractivity contribution in [1.29, 1.82) is 0 Å². The summed E-state index contributed by atoms with van der Waals surface area (Å²) < 4.78 is 0. The minimum absolute atomic E-state index is 0.124. The quantitative estimate of drug-likeness (QED) is 0.526. The predicted molar refractivity (Wildman–Crippen MR) is 121 cm³/mol. The average Bonchev–Trinajstić information content (AvgIpc) is 2.81. The van der Waals surface area contributed by atoms with Crippen LogP contribution in [0.3, 0.4) is 0 Å². The number of nitrogens with two attached hydrogens (primary N) is 1. The largest absolute Gasteiger partial charge is 0.480 e. The van der Waals surface area contributed by atoms with Gasteiger partial charge in [-0.1, -0.05) is 13.0 Å². The van der Waals surface area contributed by atoms with Crippen molar-refractivity contribution < 1.29 is 9.90 Å². The minimum atomic E-state index is -1.03. The maximum atomic E-state index is 11.0. The highest BCUT2D eigenvalue weighted by Crippen LogP contribution is 2.33. The van der Waals surface area contributed by atoms with E-state index in [0.717, 1.165) is 62.5 Å². The van der Waals surface area contributed by atoms with Crippen LogP contribution in [-0.4, -0.2) is 58.2 Å². The molecule has 2 aliphatic rings. The van der Waals surface area contributed by atoms with Gasteiger partial charge in [0.25, 0.3) is 0 Å². The fraction of sp³-hybridized carbons (Fsp3) is 0.545. The van der Waals surface area contributed by atoms with Crippen LogP contribution in [0.5, 0.6) is 0 Å². The lowest BCUT2D eigenvalue weighted by Gasteiger charge is -2.34. The van der Waals surface area contributed by atoms with Crippen LogP contribution in [0.15, 0.2) is 18.5 Å². The number of carboxylic acid groups (broad SMARTS) is 1. The van der Waals surface area contributed by atoms with Gasteiger partial charge >= 0.3 is 5.97 Å². The van der Waals surface area contributed by atoms with Gasteiger partial charge in [-0.2, -0.15) is 0 Å². The van der Waals surface area contributed by atoms with Crippen molar-refractivity contribution in [2.45, 2.75) is 51.0 Å². The van der Waals surface area contributed by atoms with Crippen LogP contribution < -0.4 is 21.3 Å². The molecule has 4 heterocycles. The van der Waals surface area contributed by atoms with Crippen molar-refractivity contribution in [3.63, 3.8) is 0 Å². The molecule has 31 heavy (non-hydrogen) atoms. The Morgan fingerprint density at radius 3 is 2.90 bits per heavy atom. The molecule has 0 amide bonds. The highest BCUT2D eigenvalue weighted by molar-refractivity contribution is 5.74. The van der Waals surface area contributed by atoms with E-state index in [1.54, 1.807) is 0 Å². The number of aryl methyl sites for hydroxylation is 1. The molecular formula is C22H31N7O2. The fourth-order valence-corrected chi connectivity index (χ4v) is 4.41. The first kappa shape index (κ1) is 21.3. The van der Waals surface area contributed by atoms with Crippen molar-refractivity contribution >= 4 is 23.4 Å². The van der Waals surface area contributed by atoms with E-state index in [4.69, 9.17) is 15.8 Å². The van der Waals surface area contributed by atoms with E-state index < -0.39 is 12.0 Å². The third kappa shape index (κ3) is 4.71. The summed E-state index contributed by atoms with van der Waals surface area (Å²) in [6.45, 7) is 4.98. The highest BCUT2D eigenvalue weighted by atomic mass is 16.4. The van der Waals surface area contributed by atoms with Gasteiger partial charge in [0.1, 0.15) is 29.8 Å². The van der Waals surface area contributed by atoms with Gasteiger partial charge in [-0.05, 0) is 43.7 Å². The Bertz CT molecular complexity index is 928. The first-order valence-corrected chi connectivity index (χ1v) is 11.1. The molecule has 1 fully saturated rings. The van der Waals surface area contributed by atoms with Crippen LogP contribution in [0.2, 0.25) is 0 Å². The first-order chi connectivity index (χ1) is 15.1. The zero-order chi connectivity index (χ0) is 21.8. The van der Waals surface area contributed by atoms with Crippen LogP contribution >= 0.6 is 0 Å². The van der Waals surface area contributed by atoms with E-state index in [2.05, 4.69) is 44.6 Å². The number of pyridine rings is 1. The number of carbonyl (C=O) groups is 1. The Morgan fingerprint density at radius 2 is 2.16 bits per heavy atom. The van der Waals surface area contributed by atoms with E-state index in [1.807, 2.05) is 0 Å². The number of rotatable bonds is 7. The van der Waals surface area contributed by atoms with Gasteiger partial charge in [-0.25, -0.2) is 15.0 Å². The molecule has 1 unspecified atom stereocenters. The van der Waals surface area contributed by atoms with Crippen LogP contribution in [-0.2, 0) is 17.6 Å². The number of anilines is 3. The van der Waals surface area contributed by atoms with E-state index in [-0.39, 0.29) is 6.54 Å². The van der Waals surface area contributed by atoms with Crippen molar-refractivity contribution in [2.75, 3.05) is 41.7 Å². The standard InChI is InChI=1S/C22H31N7O2/c1-2-16-20(25-12-17(23)22(30)31)26-13-27-21(16)29-10-7-14(8-11-29)18-6-5-15-4-3-9-24-19(15)28-18/h5-6,13-14,17H,2-4,7-12,23H2,1H3,(H,24,28)(H,30,31)(H,25,26,27). The number of hydrogen-bond donors (Lipinski definition) is 4. The second-order valence-corrected chi connectivity index (χ2v) is 8.24. The van der Waals surface area contributed by atoms with E-state index >= 15 is 0 Å². The monoisotopic (exact) mass is 425 g/mol. The van der Waals surface area contributed by atoms with Gasteiger partial charge in [0.15, 0.2) is 0 Å². The Hall–Kier alpha value is -2.94. The molecular weight excluding hydrogens is 394 g/mol. The summed E-state index contributed by atoms with van der Waals surface area (Å²) in [5.74, 6) is 2.05. The topological polar surface area (TPSA) is 129 Å². The Balaban J connectivity index is 1.43.